The molecule has 3 fully saturated rings. The van der Waals surface area contributed by atoms with E-state index in [1.54, 1.807) is 51.4 Å². The first kappa shape index (κ1) is 26.6. The van der Waals surface area contributed by atoms with Crippen LogP contribution in [0.4, 0.5) is 0 Å². The summed E-state index contributed by atoms with van der Waals surface area (Å²) in [5, 5.41) is 0. The molecule has 3 aliphatic carbocycles. The van der Waals surface area contributed by atoms with Crippen molar-refractivity contribution in [3.8, 4) is 0 Å². The first-order valence-electron chi connectivity index (χ1n) is 15.0. The van der Waals surface area contributed by atoms with E-state index in [0.29, 0.717) is 10.8 Å². The highest BCUT2D eigenvalue weighted by atomic mass is 14.5. The molecule has 5 unspecified atom stereocenters. The summed E-state index contributed by atoms with van der Waals surface area (Å²) in [4.78, 5) is 0. The van der Waals surface area contributed by atoms with Crippen molar-refractivity contribution in [1.82, 2.24) is 0 Å². The average molecular weight is 445 g/mol. The summed E-state index contributed by atoms with van der Waals surface area (Å²) in [5.41, 5.74) is 0.997. The van der Waals surface area contributed by atoms with Crippen LogP contribution < -0.4 is 0 Å². The van der Waals surface area contributed by atoms with Gasteiger partial charge in [-0.2, -0.15) is 0 Å². The van der Waals surface area contributed by atoms with Crippen LogP contribution >= 0.6 is 0 Å². The van der Waals surface area contributed by atoms with Gasteiger partial charge in [0.2, 0.25) is 0 Å². The van der Waals surface area contributed by atoms with Crippen LogP contribution in [0.3, 0.4) is 0 Å². The predicted molar refractivity (Wildman–Crippen MR) is 143 cm³/mol. The lowest BCUT2D eigenvalue weighted by atomic mass is 9.63. The molecule has 0 heterocycles. The van der Waals surface area contributed by atoms with Crippen molar-refractivity contribution >= 4 is 0 Å². The van der Waals surface area contributed by atoms with Crippen LogP contribution in [0.25, 0.3) is 0 Å². The quantitative estimate of drug-likeness (QED) is 0.331. The molecule has 0 N–H and O–H groups in total. The van der Waals surface area contributed by atoms with Crippen LogP contribution in [0.1, 0.15) is 151 Å². The lowest BCUT2D eigenvalue weighted by Gasteiger charge is -2.42. The van der Waals surface area contributed by atoms with E-state index in [1.807, 2.05) is 0 Å². The van der Waals surface area contributed by atoms with Crippen LogP contribution in [-0.4, -0.2) is 0 Å². The molecule has 0 radical (unpaired) electrons. The van der Waals surface area contributed by atoms with Crippen molar-refractivity contribution in [3.63, 3.8) is 0 Å². The van der Waals surface area contributed by atoms with Crippen LogP contribution in [0.2, 0.25) is 0 Å². The molecule has 0 nitrogen and oxygen atoms in total. The molecule has 32 heavy (non-hydrogen) atoms. The van der Waals surface area contributed by atoms with E-state index in [-0.39, 0.29) is 0 Å². The van der Waals surface area contributed by atoms with Gasteiger partial charge < -0.3 is 0 Å². The number of rotatable bonds is 9. The second kappa shape index (κ2) is 11.6. The van der Waals surface area contributed by atoms with Gasteiger partial charge >= 0.3 is 0 Å². The van der Waals surface area contributed by atoms with Gasteiger partial charge in [-0.05, 0) is 116 Å². The topological polar surface area (TPSA) is 0 Å². The second-order valence-corrected chi connectivity index (χ2v) is 15.2. The van der Waals surface area contributed by atoms with Gasteiger partial charge in [-0.15, -0.1) is 0 Å². The Kier molecular flexibility index (Phi) is 9.66. The Labute approximate surface area is 203 Å². The summed E-state index contributed by atoms with van der Waals surface area (Å²) in [6, 6.07) is 0. The van der Waals surface area contributed by atoms with Gasteiger partial charge in [0.15, 0.2) is 0 Å². The van der Waals surface area contributed by atoms with E-state index in [4.69, 9.17) is 0 Å². The van der Waals surface area contributed by atoms with Crippen molar-refractivity contribution < 1.29 is 0 Å². The Morgan fingerprint density at radius 2 is 1.19 bits per heavy atom. The van der Waals surface area contributed by atoms with Crippen molar-refractivity contribution in [2.24, 2.45) is 52.3 Å². The molecule has 0 amide bonds. The first-order valence-corrected chi connectivity index (χ1v) is 15.0. The highest BCUT2D eigenvalue weighted by molar-refractivity contribution is 4.94. The maximum Gasteiger partial charge on any atom is -0.0352 e. The lowest BCUT2D eigenvalue weighted by Crippen LogP contribution is -2.32. The highest BCUT2D eigenvalue weighted by Crippen LogP contribution is 2.53. The predicted octanol–water partition coefficient (Wildman–Crippen LogP) is 10.7. The molecule has 3 rings (SSSR count). The van der Waals surface area contributed by atoms with E-state index in [9.17, 15) is 0 Å². The van der Waals surface area contributed by atoms with Gasteiger partial charge in [-0.25, -0.2) is 0 Å². The molecule has 0 aromatic heterocycles. The van der Waals surface area contributed by atoms with Gasteiger partial charge in [-0.3, -0.25) is 0 Å². The monoisotopic (exact) mass is 444 g/mol. The highest BCUT2D eigenvalue weighted by Gasteiger charge is 2.43. The molecule has 0 spiro atoms. The largest absolute Gasteiger partial charge is 0.0654 e. The van der Waals surface area contributed by atoms with Crippen molar-refractivity contribution in [2.75, 3.05) is 0 Å². The zero-order valence-electron chi connectivity index (χ0n) is 23.4. The smallest absolute Gasteiger partial charge is 0.0352 e. The minimum atomic E-state index is 0.498. The normalized spacial score (nSPS) is 35.0. The van der Waals surface area contributed by atoms with Crippen LogP contribution in [0, 0.1) is 52.3 Å². The van der Waals surface area contributed by atoms with Crippen molar-refractivity contribution in [1.29, 1.82) is 0 Å². The van der Waals surface area contributed by atoms with Gasteiger partial charge in [0.05, 0.1) is 0 Å². The Hall–Kier alpha value is 0. The Balaban J connectivity index is 1.70. The van der Waals surface area contributed by atoms with E-state index in [2.05, 4.69) is 48.5 Å². The van der Waals surface area contributed by atoms with E-state index < -0.39 is 0 Å². The van der Waals surface area contributed by atoms with Crippen LogP contribution in [-0.2, 0) is 0 Å². The second-order valence-electron chi connectivity index (χ2n) is 15.2. The molecule has 3 aliphatic rings. The standard InChI is InChI=1S/C32H60/c1-8-11-27-14-15-29(30(27)23-24-12-9-10-13-24)28-21-25(16-18-31(2,3)4)20-26(22-28)17-19-32(5,6)7/h24-30H,8-23H2,1-7H3. The summed E-state index contributed by atoms with van der Waals surface area (Å²) in [6.07, 6.45) is 24.3. The molecular weight excluding hydrogens is 384 g/mol. The van der Waals surface area contributed by atoms with Crippen LogP contribution in [0.15, 0.2) is 0 Å². The van der Waals surface area contributed by atoms with Crippen molar-refractivity contribution in [3.05, 3.63) is 0 Å². The third-order valence-electron chi connectivity index (χ3n) is 9.92. The fraction of sp³-hybridized carbons (Fsp3) is 1.00. The zero-order chi connectivity index (χ0) is 23.4. The fourth-order valence-electron chi connectivity index (χ4n) is 8.21. The molecule has 0 aromatic rings. The van der Waals surface area contributed by atoms with Gasteiger partial charge in [0.1, 0.15) is 0 Å². The molecule has 0 aliphatic heterocycles. The molecule has 0 saturated heterocycles. The summed E-state index contributed by atoms with van der Waals surface area (Å²) in [5.74, 6) is 7.36. The molecule has 5 atom stereocenters. The minimum Gasteiger partial charge on any atom is -0.0654 e. The third kappa shape index (κ3) is 8.34. The average Bonchev–Trinajstić information content (AvgIpc) is 3.35. The van der Waals surface area contributed by atoms with Gasteiger partial charge in [-0.1, -0.05) is 87.0 Å². The summed E-state index contributed by atoms with van der Waals surface area (Å²) in [7, 11) is 0. The Morgan fingerprint density at radius 3 is 1.69 bits per heavy atom. The Morgan fingerprint density at radius 1 is 0.625 bits per heavy atom. The lowest BCUT2D eigenvalue weighted by molar-refractivity contribution is 0.0840. The SMILES string of the molecule is CCCC1CCC(C2CC(CCC(C)(C)C)CC(CCC(C)(C)C)C2)C1CC1CCCC1. The maximum atomic E-state index is 2.45. The molecular formula is C32H60. The third-order valence-corrected chi connectivity index (χ3v) is 9.92. The number of hydrogen-bond donors (Lipinski definition) is 0. The van der Waals surface area contributed by atoms with Crippen LogP contribution in [0.5, 0.6) is 0 Å². The summed E-state index contributed by atoms with van der Waals surface area (Å²) >= 11 is 0. The van der Waals surface area contributed by atoms with E-state index >= 15 is 0 Å². The molecule has 3 saturated carbocycles. The Bertz CT molecular complexity index is 499. The van der Waals surface area contributed by atoms with Crippen molar-refractivity contribution in [2.45, 2.75) is 151 Å². The fourth-order valence-corrected chi connectivity index (χ4v) is 8.21. The summed E-state index contributed by atoms with van der Waals surface area (Å²) < 4.78 is 0. The summed E-state index contributed by atoms with van der Waals surface area (Å²) in [6.45, 7) is 17.2. The van der Waals surface area contributed by atoms with Gasteiger partial charge in [0.25, 0.3) is 0 Å². The molecule has 0 heteroatoms. The molecule has 0 aromatic carbocycles. The molecule has 188 valence electrons. The first-order chi connectivity index (χ1) is 15.0. The molecule has 0 bridgehead atoms. The minimum absolute atomic E-state index is 0.498. The zero-order valence-corrected chi connectivity index (χ0v) is 23.4. The number of hydrogen-bond acceptors (Lipinski definition) is 0. The maximum absolute atomic E-state index is 2.45. The van der Waals surface area contributed by atoms with Gasteiger partial charge in [0, 0.05) is 0 Å². The van der Waals surface area contributed by atoms with E-state index in [0.717, 1.165) is 41.4 Å². The van der Waals surface area contributed by atoms with E-state index in [1.165, 1.54) is 51.4 Å².